The highest BCUT2D eigenvalue weighted by atomic mass is 35.5. The van der Waals surface area contributed by atoms with Crippen molar-refractivity contribution < 1.29 is 9.18 Å². The number of rotatable bonds is 3. The highest BCUT2D eigenvalue weighted by Crippen LogP contribution is 2.21. The summed E-state index contributed by atoms with van der Waals surface area (Å²) in [6.07, 6.45) is 0. The molecule has 1 aliphatic heterocycles. The Bertz CT molecular complexity index is 805. The second kappa shape index (κ2) is 7.64. The number of carbonyl (C=O) groups is 1. The summed E-state index contributed by atoms with van der Waals surface area (Å²) in [6.45, 7) is 2.84. The first kappa shape index (κ1) is 17.4. The Morgan fingerprint density at radius 2 is 1.88 bits per heavy atom. The molecule has 0 saturated carbocycles. The maximum Gasteiger partial charge on any atom is 0.253 e. The SMILES string of the molecule is N#Cc1cccc(C(=O)N2CCN(Cc3c(F)cccc3Cl)CC2)c1. The van der Waals surface area contributed by atoms with Crippen LogP contribution >= 0.6 is 11.6 Å². The zero-order valence-electron chi connectivity index (χ0n) is 13.6. The van der Waals surface area contributed by atoms with E-state index in [2.05, 4.69) is 4.90 Å². The van der Waals surface area contributed by atoms with Crippen molar-refractivity contribution in [2.75, 3.05) is 26.2 Å². The maximum absolute atomic E-state index is 13.9. The Morgan fingerprint density at radius 1 is 1.16 bits per heavy atom. The van der Waals surface area contributed by atoms with E-state index in [9.17, 15) is 9.18 Å². The van der Waals surface area contributed by atoms with Crippen LogP contribution in [0.25, 0.3) is 0 Å². The number of carbonyl (C=O) groups excluding carboxylic acids is 1. The number of amides is 1. The predicted octanol–water partition coefficient (Wildman–Crippen LogP) is 3.31. The molecule has 2 aromatic carbocycles. The van der Waals surface area contributed by atoms with Gasteiger partial charge in [-0.15, -0.1) is 0 Å². The normalized spacial score (nSPS) is 15.0. The lowest BCUT2D eigenvalue weighted by Crippen LogP contribution is -2.48. The molecule has 1 heterocycles. The summed E-state index contributed by atoms with van der Waals surface area (Å²) in [6, 6.07) is 13.4. The molecule has 0 N–H and O–H groups in total. The molecule has 3 rings (SSSR count). The minimum atomic E-state index is -0.306. The van der Waals surface area contributed by atoms with Gasteiger partial charge in [-0.1, -0.05) is 23.7 Å². The number of nitriles is 1. The van der Waals surface area contributed by atoms with Crippen LogP contribution in [0.15, 0.2) is 42.5 Å². The molecule has 0 unspecified atom stereocenters. The highest BCUT2D eigenvalue weighted by Gasteiger charge is 2.23. The minimum Gasteiger partial charge on any atom is -0.336 e. The molecular weight excluding hydrogens is 341 g/mol. The molecule has 1 aliphatic rings. The fraction of sp³-hybridized carbons (Fsp3) is 0.263. The van der Waals surface area contributed by atoms with Crippen LogP contribution in [0.3, 0.4) is 0 Å². The number of nitrogens with zero attached hydrogens (tertiary/aromatic N) is 3. The number of benzene rings is 2. The molecule has 0 spiro atoms. The predicted molar refractivity (Wildman–Crippen MR) is 93.7 cm³/mol. The third-order valence-electron chi connectivity index (χ3n) is 4.34. The molecule has 1 fully saturated rings. The number of piperazine rings is 1. The van der Waals surface area contributed by atoms with E-state index in [0.29, 0.717) is 54.4 Å². The molecule has 0 bridgehead atoms. The van der Waals surface area contributed by atoms with Gasteiger partial charge in [0.15, 0.2) is 0 Å². The molecule has 2 aromatic rings. The van der Waals surface area contributed by atoms with Gasteiger partial charge in [-0.2, -0.15) is 5.26 Å². The third kappa shape index (κ3) is 3.98. The molecule has 4 nitrogen and oxygen atoms in total. The van der Waals surface area contributed by atoms with Gasteiger partial charge in [0, 0.05) is 48.9 Å². The molecule has 128 valence electrons. The van der Waals surface area contributed by atoms with Crippen LogP contribution < -0.4 is 0 Å². The Morgan fingerprint density at radius 3 is 2.56 bits per heavy atom. The summed E-state index contributed by atoms with van der Waals surface area (Å²) in [7, 11) is 0. The average Bonchev–Trinajstić information content (AvgIpc) is 2.65. The van der Waals surface area contributed by atoms with Crippen molar-refractivity contribution >= 4 is 17.5 Å². The summed E-state index contributed by atoms with van der Waals surface area (Å²) in [5, 5.41) is 9.37. The maximum atomic E-state index is 13.9. The van der Waals surface area contributed by atoms with E-state index < -0.39 is 0 Å². The molecule has 25 heavy (non-hydrogen) atoms. The molecule has 0 aromatic heterocycles. The first-order valence-corrected chi connectivity index (χ1v) is 8.41. The molecular formula is C19H17ClFN3O. The summed E-state index contributed by atoms with van der Waals surface area (Å²) in [4.78, 5) is 16.4. The van der Waals surface area contributed by atoms with E-state index in [1.165, 1.54) is 6.07 Å². The first-order chi connectivity index (χ1) is 12.1. The Labute approximate surface area is 151 Å². The van der Waals surface area contributed by atoms with Crippen molar-refractivity contribution in [2.45, 2.75) is 6.54 Å². The summed E-state index contributed by atoms with van der Waals surface area (Å²) < 4.78 is 13.9. The summed E-state index contributed by atoms with van der Waals surface area (Å²) >= 11 is 6.08. The van der Waals surface area contributed by atoms with E-state index >= 15 is 0 Å². The smallest absolute Gasteiger partial charge is 0.253 e. The van der Waals surface area contributed by atoms with Crippen LogP contribution in [0.2, 0.25) is 5.02 Å². The third-order valence-corrected chi connectivity index (χ3v) is 4.70. The number of hydrogen-bond acceptors (Lipinski definition) is 3. The zero-order chi connectivity index (χ0) is 17.8. The lowest BCUT2D eigenvalue weighted by atomic mass is 10.1. The monoisotopic (exact) mass is 357 g/mol. The lowest BCUT2D eigenvalue weighted by molar-refractivity contribution is 0.0627. The summed E-state index contributed by atoms with van der Waals surface area (Å²) in [5.41, 5.74) is 1.48. The van der Waals surface area contributed by atoms with Gasteiger partial charge in [0.25, 0.3) is 5.91 Å². The van der Waals surface area contributed by atoms with E-state index in [0.717, 1.165) is 0 Å². The Kier molecular flexibility index (Phi) is 5.32. The largest absolute Gasteiger partial charge is 0.336 e. The lowest BCUT2D eigenvalue weighted by Gasteiger charge is -2.35. The van der Waals surface area contributed by atoms with Crippen molar-refractivity contribution in [2.24, 2.45) is 0 Å². The van der Waals surface area contributed by atoms with Gasteiger partial charge >= 0.3 is 0 Å². The van der Waals surface area contributed by atoms with Gasteiger partial charge < -0.3 is 4.90 Å². The Hall–Kier alpha value is -2.42. The van der Waals surface area contributed by atoms with Crippen LogP contribution in [-0.4, -0.2) is 41.9 Å². The first-order valence-electron chi connectivity index (χ1n) is 8.03. The van der Waals surface area contributed by atoms with Gasteiger partial charge in [-0.05, 0) is 30.3 Å². The van der Waals surface area contributed by atoms with Gasteiger partial charge in [-0.3, -0.25) is 9.69 Å². The van der Waals surface area contributed by atoms with E-state index in [-0.39, 0.29) is 11.7 Å². The fourth-order valence-corrected chi connectivity index (χ4v) is 3.14. The molecule has 1 saturated heterocycles. The van der Waals surface area contributed by atoms with Gasteiger partial charge in [0.05, 0.1) is 11.6 Å². The molecule has 6 heteroatoms. The van der Waals surface area contributed by atoms with Crippen molar-refractivity contribution in [1.29, 1.82) is 5.26 Å². The highest BCUT2D eigenvalue weighted by molar-refractivity contribution is 6.31. The van der Waals surface area contributed by atoms with Gasteiger partial charge in [-0.25, -0.2) is 4.39 Å². The van der Waals surface area contributed by atoms with Crippen LogP contribution in [0.5, 0.6) is 0 Å². The van der Waals surface area contributed by atoms with E-state index in [4.69, 9.17) is 16.9 Å². The van der Waals surface area contributed by atoms with Crippen LogP contribution in [0.1, 0.15) is 21.5 Å². The van der Waals surface area contributed by atoms with E-state index in [1.54, 1.807) is 41.3 Å². The second-order valence-corrected chi connectivity index (χ2v) is 6.37. The van der Waals surface area contributed by atoms with Crippen LogP contribution in [0.4, 0.5) is 4.39 Å². The molecule has 0 aliphatic carbocycles. The van der Waals surface area contributed by atoms with Crippen LogP contribution in [-0.2, 0) is 6.54 Å². The second-order valence-electron chi connectivity index (χ2n) is 5.96. The standard InChI is InChI=1S/C19H17ClFN3O/c20-17-5-2-6-18(21)16(17)13-23-7-9-24(10-8-23)19(25)15-4-1-3-14(11-15)12-22/h1-6,11H,7-10,13H2. The molecule has 0 radical (unpaired) electrons. The molecule has 0 atom stereocenters. The molecule has 1 amide bonds. The number of halogens is 2. The van der Waals surface area contributed by atoms with Crippen molar-refractivity contribution in [3.63, 3.8) is 0 Å². The Balaban J connectivity index is 1.62. The van der Waals surface area contributed by atoms with Crippen molar-refractivity contribution in [1.82, 2.24) is 9.80 Å². The van der Waals surface area contributed by atoms with Crippen LogP contribution in [0, 0.1) is 17.1 Å². The number of hydrogen-bond donors (Lipinski definition) is 0. The van der Waals surface area contributed by atoms with Crippen molar-refractivity contribution in [3.8, 4) is 6.07 Å². The van der Waals surface area contributed by atoms with Gasteiger partial charge in [0.2, 0.25) is 0 Å². The summed E-state index contributed by atoms with van der Waals surface area (Å²) in [5.74, 6) is -0.389. The van der Waals surface area contributed by atoms with Crippen molar-refractivity contribution in [3.05, 3.63) is 70.0 Å². The van der Waals surface area contributed by atoms with Gasteiger partial charge in [0.1, 0.15) is 5.82 Å². The zero-order valence-corrected chi connectivity index (χ0v) is 14.3. The topological polar surface area (TPSA) is 47.3 Å². The van der Waals surface area contributed by atoms with E-state index in [1.807, 2.05) is 6.07 Å². The average molecular weight is 358 g/mol. The fourth-order valence-electron chi connectivity index (χ4n) is 2.92. The quantitative estimate of drug-likeness (QED) is 0.846. The minimum absolute atomic E-state index is 0.0827.